The Balaban J connectivity index is 1.95. The van der Waals surface area contributed by atoms with Gasteiger partial charge in [-0.3, -0.25) is 5.41 Å². The second-order valence-corrected chi connectivity index (χ2v) is 5.22. The first kappa shape index (κ1) is 11.2. The van der Waals surface area contributed by atoms with Gasteiger partial charge in [0.05, 0.1) is 11.8 Å². The molecule has 1 aliphatic rings. The molecule has 0 aliphatic carbocycles. The molecule has 2 aromatic heterocycles. The number of nitrogens with zero attached hydrogens (tertiary/aromatic N) is 3. The lowest BCUT2D eigenvalue weighted by Gasteiger charge is -2.28. The van der Waals surface area contributed by atoms with Crippen LogP contribution < -0.4 is 10.6 Å². The van der Waals surface area contributed by atoms with Gasteiger partial charge in [0, 0.05) is 18.0 Å². The van der Waals surface area contributed by atoms with Crippen LogP contribution in [0, 0.1) is 5.41 Å². The van der Waals surface area contributed by atoms with Gasteiger partial charge in [-0.1, -0.05) is 0 Å². The van der Waals surface area contributed by atoms with E-state index in [1.807, 2.05) is 0 Å². The van der Waals surface area contributed by atoms with Gasteiger partial charge in [0.15, 0.2) is 5.82 Å². The summed E-state index contributed by atoms with van der Waals surface area (Å²) in [6.45, 7) is 1.71. The summed E-state index contributed by atoms with van der Waals surface area (Å²) in [5.74, 6) is 0.748. The van der Waals surface area contributed by atoms with E-state index in [1.165, 1.54) is 10.4 Å². The fraction of sp³-hybridized carbons (Fsp3) is 0.250. The minimum Gasteiger partial charge on any atom is -0.384 e. The molecule has 0 bridgehead atoms. The lowest BCUT2D eigenvalue weighted by atomic mass is 10.1. The monoisotopic (exact) mass is 259 g/mol. The first-order chi connectivity index (χ1) is 8.75. The molecule has 0 saturated heterocycles. The van der Waals surface area contributed by atoms with Crippen LogP contribution in [-0.4, -0.2) is 22.6 Å². The van der Waals surface area contributed by atoms with Crippen molar-refractivity contribution in [3.63, 3.8) is 0 Å². The molecule has 0 unspecified atom stereocenters. The Morgan fingerprint density at radius 2 is 2.33 bits per heavy atom. The zero-order valence-corrected chi connectivity index (χ0v) is 10.6. The van der Waals surface area contributed by atoms with E-state index in [2.05, 4.69) is 26.5 Å². The second kappa shape index (κ2) is 4.38. The number of anilines is 1. The second-order valence-electron chi connectivity index (χ2n) is 4.22. The van der Waals surface area contributed by atoms with Crippen LogP contribution in [0.4, 0.5) is 5.82 Å². The van der Waals surface area contributed by atoms with Gasteiger partial charge in [-0.15, -0.1) is 16.4 Å². The Labute approximate surface area is 109 Å². The zero-order valence-electron chi connectivity index (χ0n) is 9.76. The zero-order chi connectivity index (χ0) is 12.5. The van der Waals surface area contributed by atoms with E-state index in [0.29, 0.717) is 11.4 Å². The fourth-order valence-corrected chi connectivity index (χ4v) is 3.09. The van der Waals surface area contributed by atoms with E-state index in [-0.39, 0.29) is 5.84 Å². The maximum atomic E-state index is 7.60. The van der Waals surface area contributed by atoms with Crippen LogP contribution in [0.25, 0.3) is 0 Å². The van der Waals surface area contributed by atoms with Crippen LogP contribution in [0.15, 0.2) is 23.7 Å². The van der Waals surface area contributed by atoms with E-state index in [4.69, 9.17) is 11.1 Å². The van der Waals surface area contributed by atoms with Crippen molar-refractivity contribution in [1.82, 2.24) is 10.2 Å². The van der Waals surface area contributed by atoms with Crippen molar-refractivity contribution in [2.24, 2.45) is 5.73 Å². The number of amidine groups is 1. The number of fused-ring (bicyclic) bond motifs is 1. The molecule has 5 nitrogen and oxygen atoms in total. The van der Waals surface area contributed by atoms with Gasteiger partial charge in [-0.25, -0.2) is 0 Å². The summed E-state index contributed by atoms with van der Waals surface area (Å²) in [5, 5.41) is 17.8. The number of hydrogen-bond acceptors (Lipinski definition) is 5. The Bertz CT molecular complexity index is 592. The molecule has 6 heteroatoms. The van der Waals surface area contributed by atoms with E-state index in [9.17, 15) is 0 Å². The smallest absolute Gasteiger partial charge is 0.162 e. The van der Waals surface area contributed by atoms with Gasteiger partial charge in [-0.05, 0) is 29.5 Å². The van der Waals surface area contributed by atoms with Gasteiger partial charge in [0.2, 0.25) is 0 Å². The summed E-state index contributed by atoms with van der Waals surface area (Å²) in [6, 6.07) is 3.89. The van der Waals surface area contributed by atoms with E-state index in [1.54, 1.807) is 23.6 Å². The minimum atomic E-state index is 0.0380. The van der Waals surface area contributed by atoms with Crippen LogP contribution in [-0.2, 0) is 13.0 Å². The maximum Gasteiger partial charge on any atom is 0.162 e. The SMILES string of the molecule is N=C(N)c1ccnnc1N1CCc2sccc2C1. The first-order valence-electron chi connectivity index (χ1n) is 5.72. The molecule has 92 valence electrons. The Morgan fingerprint density at radius 3 is 3.17 bits per heavy atom. The molecule has 3 rings (SSSR count). The van der Waals surface area contributed by atoms with Crippen molar-refractivity contribution in [3.05, 3.63) is 39.7 Å². The molecular weight excluding hydrogens is 246 g/mol. The van der Waals surface area contributed by atoms with E-state index in [0.717, 1.165) is 19.5 Å². The maximum absolute atomic E-state index is 7.60. The molecule has 18 heavy (non-hydrogen) atoms. The molecule has 0 saturated carbocycles. The Morgan fingerprint density at radius 1 is 1.44 bits per heavy atom. The molecule has 3 heterocycles. The summed E-state index contributed by atoms with van der Waals surface area (Å²) >= 11 is 1.80. The highest BCUT2D eigenvalue weighted by atomic mass is 32.1. The lowest BCUT2D eigenvalue weighted by Crippen LogP contribution is -2.32. The number of aromatic nitrogens is 2. The van der Waals surface area contributed by atoms with Gasteiger partial charge >= 0.3 is 0 Å². The normalized spacial score (nSPS) is 14.3. The molecule has 2 aromatic rings. The third-order valence-electron chi connectivity index (χ3n) is 3.10. The summed E-state index contributed by atoms with van der Waals surface area (Å²) in [7, 11) is 0. The van der Waals surface area contributed by atoms with Gasteiger partial charge in [0.1, 0.15) is 5.84 Å². The highest BCUT2D eigenvalue weighted by Crippen LogP contribution is 2.27. The molecule has 0 amide bonds. The van der Waals surface area contributed by atoms with Gasteiger partial charge < -0.3 is 10.6 Å². The fourth-order valence-electron chi connectivity index (χ4n) is 2.20. The summed E-state index contributed by atoms with van der Waals surface area (Å²) in [4.78, 5) is 3.58. The molecule has 1 aliphatic heterocycles. The quantitative estimate of drug-likeness (QED) is 0.631. The Hall–Kier alpha value is -1.95. The predicted octanol–water partition coefficient (Wildman–Crippen LogP) is 1.38. The highest BCUT2D eigenvalue weighted by molar-refractivity contribution is 7.10. The molecular formula is C12H13N5S. The average molecular weight is 259 g/mol. The minimum absolute atomic E-state index is 0.0380. The Kier molecular flexibility index (Phi) is 2.71. The van der Waals surface area contributed by atoms with Crippen LogP contribution in [0.3, 0.4) is 0 Å². The molecule has 0 fully saturated rings. The third-order valence-corrected chi connectivity index (χ3v) is 4.12. The highest BCUT2D eigenvalue weighted by Gasteiger charge is 2.21. The molecule has 0 spiro atoms. The standard InChI is InChI=1S/C12H13N5S/c13-11(14)9-1-4-15-16-12(9)17-5-2-10-8(7-17)3-6-18-10/h1,3-4,6H,2,5,7H2,(H3,13,14). The van der Waals surface area contributed by atoms with Crippen molar-refractivity contribution in [2.45, 2.75) is 13.0 Å². The number of thiophene rings is 1. The molecule has 3 N–H and O–H groups in total. The number of hydrogen-bond donors (Lipinski definition) is 2. The van der Waals surface area contributed by atoms with Crippen molar-refractivity contribution in [1.29, 1.82) is 5.41 Å². The van der Waals surface area contributed by atoms with Crippen LogP contribution in [0.1, 0.15) is 16.0 Å². The number of nitrogen functional groups attached to an aromatic ring is 1. The first-order valence-corrected chi connectivity index (χ1v) is 6.60. The number of nitrogens with one attached hydrogen (secondary N) is 1. The van der Waals surface area contributed by atoms with Crippen LogP contribution >= 0.6 is 11.3 Å². The molecule has 0 atom stereocenters. The molecule has 0 radical (unpaired) electrons. The summed E-state index contributed by atoms with van der Waals surface area (Å²) < 4.78 is 0. The van der Waals surface area contributed by atoms with Crippen LogP contribution in [0.2, 0.25) is 0 Å². The van der Waals surface area contributed by atoms with E-state index < -0.39 is 0 Å². The lowest BCUT2D eigenvalue weighted by molar-refractivity contribution is 0.722. The summed E-state index contributed by atoms with van der Waals surface area (Å²) in [5.41, 5.74) is 7.58. The average Bonchev–Trinajstić information content (AvgIpc) is 2.85. The topological polar surface area (TPSA) is 78.9 Å². The van der Waals surface area contributed by atoms with Gasteiger partial charge in [-0.2, -0.15) is 5.10 Å². The largest absolute Gasteiger partial charge is 0.384 e. The number of nitrogens with two attached hydrogens (primary N) is 1. The van der Waals surface area contributed by atoms with Crippen molar-refractivity contribution < 1.29 is 0 Å². The van der Waals surface area contributed by atoms with Crippen molar-refractivity contribution in [3.8, 4) is 0 Å². The molecule has 0 aromatic carbocycles. The summed E-state index contributed by atoms with van der Waals surface area (Å²) in [6.07, 6.45) is 2.58. The van der Waals surface area contributed by atoms with Crippen LogP contribution in [0.5, 0.6) is 0 Å². The van der Waals surface area contributed by atoms with Crippen molar-refractivity contribution >= 4 is 23.0 Å². The number of rotatable bonds is 2. The predicted molar refractivity (Wildman–Crippen MR) is 72.1 cm³/mol. The van der Waals surface area contributed by atoms with E-state index >= 15 is 0 Å². The van der Waals surface area contributed by atoms with Gasteiger partial charge in [0.25, 0.3) is 0 Å². The third kappa shape index (κ3) is 1.84. The van der Waals surface area contributed by atoms with Crippen molar-refractivity contribution in [2.75, 3.05) is 11.4 Å².